The molecule has 2 aliphatic rings. The highest BCUT2D eigenvalue weighted by Gasteiger charge is 2.44. The number of amides is 1. The summed E-state index contributed by atoms with van der Waals surface area (Å²) in [7, 11) is 4.46. The first-order chi connectivity index (χ1) is 23.2. The van der Waals surface area contributed by atoms with Gasteiger partial charge in [0, 0.05) is 48.7 Å². The monoisotopic (exact) mass is 695 g/mol. The Balaban J connectivity index is 1.23. The number of hydrogen-bond donors (Lipinski definition) is 1. The molecule has 0 aliphatic carbocycles. The summed E-state index contributed by atoms with van der Waals surface area (Å²) in [6.45, 7) is 2.79. The van der Waals surface area contributed by atoms with Gasteiger partial charge in [0.2, 0.25) is 0 Å². The minimum Gasteiger partial charge on any atom is -0.508 e. The van der Waals surface area contributed by atoms with E-state index in [1.807, 2.05) is 4.90 Å². The zero-order chi connectivity index (χ0) is 33.9. The molecular formula is C33H31F2N5O6S2. The lowest BCUT2D eigenvalue weighted by atomic mass is 9.96. The molecule has 1 N–H and O–H groups in total. The van der Waals surface area contributed by atoms with E-state index < -0.39 is 11.6 Å². The zero-order valence-corrected chi connectivity index (χ0v) is 27.7. The molecule has 2 atom stereocenters. The summed E-state index contributed by atoms with van der Waals surface area (Å²) in [4.78, 5) is 41.0. The summed E-state index contributed by atoms with van der Waals surface area (Å²) in [6, 6.07) is 4.99. The lowest BCUT2D eigenvalue weighted by Gasteiger charge is -2.41. The molecule has 0 spiro atoms. The number of anilines is 1. The third kappa shape index (κ3) is 6.59. The second-order valence-corrected chi connectivity index (χ2v) is 13.9. The largest absolute Gasteiger partial charge is 0.508 e. The number of rotatable bonds is 10. The van der Waals surface area contributed by atoms with Gasteiger partial charge in [0.25, 0.3) is 0 Å². The predicted molar refractivity (Wildman–Crippen MR) is 180 cm³/mol. The summed E-state index contributed by atoms with van der Waals surface area (Å²) in [5, 5.41) is 11.4. The van der Waals surface area contributed by atoms with E-state index in [2.05, 4.69) is 20.9 Å². The highest BCUT2D eigenvalue weighted by Crippen LogP contribution is 2.40. The normalized spacial score (nSPS) is 17.1. The summed E-state index contributed by atoms with van der Waals surface area (Å²) >= 11 is 0. The van der Waals surface area contributed by atoms with Gasteiger partial charge in [-0.3, -0.25) is 14.7 Å². The molecule has 1 amide bonds. The van der Waals surface area contributed by atoms with Gasteiger partial charge in [-0.25, -0.2) is 13.6 Å². The molecule has 2 fully saturated rings. The Bertz CT molecular complexity index is 1930. The molecule has 2 aromatic carbocycles. The van der Waals surface area contributed by atoms with Gasteiger partial charge in [-0.1, -0.05) is 33.6 Å². The topological polar surface area (TPSA) is 127 Å². The van der Waals surface area contributed by atoms with Gasteiger partial charge < -0.3 is 24.2 Å². The van der Waals surface area contributed by atoms with E-state index in [9.17, 15) is 19.1 Å². The number of terminal acetylenes is 1. The fraction of sp³-hybridized carbons (Fsp3) is 0.364. The maximum absolute atomic E-state index is 16.5. The Kier molecular flexibility index (Phi) is 9.93. The molecule has 2 saturated heterocycles. The van der Waals surface area contributed by atoms with E-state index in [1.165, 1.54) is 55.3 Å². The summed E-state index contributed by atoms with van der Waals surface area (Å²) in [5.41, 5.74) is -0.217. The van der Waals surface area contributed by atoms with Crippen LogP contribution in [-0.4, -0.2) is 94.0 Å². The standard InChI is InChI=1S/C33H31F2N5O6S2/c1-4-23-26(34)8-5-19-13-22(42)14-24(27(19)23)29-28(35)30-25(15-36-29)31(38-32(37-30)44-3)39-16-20-6-7-21(17-39)40(20)33(43)46-10-12-48-47-11-9-45-18(2)41/h1,5,8,13-15,20-21,42H,6-7,9-12,16-17H2,2-3H3. The van der Waals surface area contributed by atoms with Gasteiger partial charge in [-0.15, -0.1) is 6.42 Å². The number of piperazine rings is 1. The number of halogens is 2. The second kappa shape index (κ2) is 14.3. The van der Waals surface area contributed by atoms with Crippen LogP contribution in [0.5, 0.6) is 11.8 Å². The first kappa shape index (κ1) is 33.4. The molecule has 11 nitrogen and oxygen atoms in total. The fourth-order valence-corrected chi connectivity index (χ4v) is 7.90. The van der Waals surface area contributed by atoms with Gasteiger partial charge in [0.15, 0.2) is 5.82 Å². The van der Waals surface area contributed by atoms with E-state index >= 15 is 4.39 Å². The van der Waals surface area contributed by atoms with Gasteiger partial charge in [-0.2, -0.15) is 9.97 Å². The highest BCUT2D eigenvalue weighted by molar-refractivity contribution is 8.76. The van der Waals surface area contributed by atoms with Crippen LogP contribution in [0.2, 0.25) is 0 Å². The smallest absolute Gasteiger partial charge is 0.410 e. The van der Waals surface area contributed by atoms with Crippen LogP contribution in [0.3, 0.4) is 0 Å². The second-order valence-electron chi connectivity index (χ2n) is 11.2. The third-order valence-corrected chi connectivity index (χ3v) is 10.6. The zero-order valence-electron chi connectivity index (χ0n) is 26.1. The number of phenols is 1. The number of benzene rings is 2. The van der Waals surface area contributed by atoms with Crippen molar-refractivity contribution < 1.29 is 37.7 Å². The van der Waals surface area contributed by atoms with Gasteiger partial charge in [-0.05, 0) is 36.4 Å². The number of aromatic nitrogens is 3. The number of fused-ring (bicyclic) bond motifs is 4. The molecule has 0 saturated carbocycles. The number of hydrogen-bond acceptors (Lipinski definition) is 12. The van der Waals surface area contributed by atoms with Crippen LogP contribution in [0, 0.1) is 24.0 Å². The van der Waals surface area contributed by atoms with Crippen molar-refractivity contribution in [3.8, 4) is 35.4 Å². The molecule has 0 radical (unpaired) electrons. The molecule has 2 aliphatic heterocycles. The lowest BCUT2D eigenvalue weighted by molar-refractivity contribution is -0.140. The van der Waals surface area contributed by atoms with Crippen molar-refractivity contribution in [2.24, 2.45) is 0 Å². The number of phenolic OH excluding ortho intramolecular Hbond substituents is 1. The van der Waals surface area contributed by atoms with Crippen molar-refractivity contribution in [2.45, 2.75) is 31.8 Å². The van der Waals surface area contributed by atoms with E-state index in [1.54, 1.807) is 15.7 Å². The van der Waals surface area contributed by atoms with Crippen LogP contribution in [0.15, 0.2) is 30.5 Å². The number of pyridine rings is 1. The van der Waals surface area contributed by atoms with Crippen LogP contribution in [0.25, 0.3) is 32.9 Å². The van der Waals surface area contributed by atoms with Gasteiger partial charge >= 0.3 is 18.1 Å². The number of nitrogens with zero attached hydrogens (tertiary/aromatic N) is 5. The summed E-state index contributed by atoms with van der Waals surface area (Å²) in [6.07, 6.45) is 8.23. The Morgan fingerprint density at radius 1 is 1.08 bits per heavy atom. The summed E-state index contributed by atoms with van der Waals surface area (Å²) < 4.78 is 47.0. The van der Waals surface area contributed by atoms with E-state index in [0.717, 1.165) is 12.8 Å². The minimum atomic E-state index is -0.818. The SMILES string of the molecule is C#Cc1c(F)ccc2cc(O)cc(-c3ncc4c(N5CC6CCC(C5)N6C(=O)OCCSSCCOC(C)=O)nc(OC)nc4c3F)c12. The Morgan fingerprint density at radius 2 is 1.79 bits per heavy atom. The van der Waals surface area contributed by atoms with Crippen molar-refractivity contribution in [1.82, 2.24) is 19.9 Å². The Morgan fingerprint density at radius 3 is 2.46 bits per heavy atom. The van der Waals surface area contributed by atoms with Crippen molar-refractivity contribution in [3.05, 3.63) is 47.7 Å². The third-order valence-electron chi connectivity index (χ3n) is 8.22. The molecule has 48 heavy (non-hydrogen) atoms. The maximum atomic E-state index is 16.5. The number of esters is 1. The fourth-order valence-electron chi connectivity index (χ4n) is 6.24. The predicted octanol–water partition coefficient (Wildman–Crippen LogP) is 5.55. The molecule has 2 aromatic heterocycles. The average Bonchev–Trinajstić information content (AvgIpc) is 3.34. The molecule has 2 bridgehead atoms. The van der Waals surface area contributed by atoms with Gasteiger partial charge in [0.1, 0.15) is 41.8 Å². The molecule has 4 heterocycles. The Hall–Kier alpha value is -4.55. The lowest BCUT2D eigenvalue weighted by Crippen LogP contribution is -2.56. The summed E-state index contributed by atoms with van der Waals surface area (Å²) in [5.74, 6) is 2.01. The molecule has 6 rings (SSSR count). The van der Waals surface area contributed by atoms with Crippen LogP contribution in [-0.2, 0) is 14.3 Å². The van der Waals surface area contributed by atoms with Crippen LogP contribution in [0.4, 0.5) is 19.4 Å². The van der Waals surface area contributed by atoms with Crippen LogP contribution in [0.1, 0.15) is 25.3 Å². The molecule has 4 aromatic rings. The Labute approximate surface area is 282 Å². The molecule has 2 unspecified atom stereocenters. The number of carbonyl (C=O) groups excluding carboxylic acids is 2. The number of aromatic hydroxyl groups is 1. The first-order valence-electron chi connectivity index (χ1n) is 15.1. The van der Waals surface area contributed by atoms with Crippen molar-refractivity contribution in [3.63, 3.8) is 0 Å². The highest BCUT2D eigenvalue weighted by atomic mass is 33.1. The van der Waals surface area contributed by atoms with Gasteiger partial charge in [0.05, 0.1) is 30.1 Å². The van der Waals surface area contributed by atoms with Crippen molar-refractivity contribution >= 4 is 61.1 Å². The number of methoxy groups -OCH3 is 1. The van der Waals surface area contributed by atoms with Crippen molar-refractivity contribution in [2.75, 3.05) is 49.8 Å². The molecule has 250 valence electrons. The van der Waals surface area contributed by atoms with Crippen molar-refractivity contribution in [1.29, 1.82) is 0 Å². The number of ether oxygens (including phenoxy) is 3. The molecule has 15 heteroatoms. The maximum Gasteiger partial charge on any atom is 0.410 e. The van der Waals surface area contributed by atoms with Crippen LogP contribution < -0.4 is 9.64 Å². The number of carbonyl (C=O) groups is 2. The quantitative estimate of drug-likeness (QED) is 0.0967. The first-order valence-corrected chi connectivity index (χ1v) is 17.6. The molecular weight excluding hydrogens is 665 g/mol. The van der Waals surface area contributed by atoms with E-state index in [0.29, 0.717) is 47.8 Å². The average molecular weight is 696 g/mol. The minimum absolute atomic E-state index is 0.0675. The van der Waals surface area contributed by atoms with Crippen LogP contribution >= 0.6 is 21.6 Å². The van der Waals surface area contributed by atoms with E-state index in [4.69, 9.17) is 20.6 Å². The van der Waals surface area contributed by atoms with E-state index in [-0.39, 0.29) is 70.2 Å².